The van der Waals surface area contributed by atoms with Gasteiger partial charge in [0.1, 0.15) is 11.5 Å². The van der Waals surface area contributed by atoms with Gasteiger partial charge < -0.3 is 14.4 Å². The molecule has 2 aliphatic heterocycles. The van der Waals surface area contributed by atoms with E-state index >= 15 is 0 Å². The number of anilines is 1. The minimum Gasteiger partial charge on any atom is -0.364 e. The second kappa shape index (κ2) is 5.83. The smallest absolute Gasteiger partial charge is 0.274 e. The van der Waals surface area contributed by atoms with E-state index in [4.69, 9.17) is 0 Å². The van der Waals surface area contributed by atoms with E-state index in [0.29, 0.717) is 5.69 Å². The van der Waals surface area contributed by atoms with Gasteiger partial charge >= 0.3 is 0 Å². The lowest BCUT2D eigenvalue weighted by molar-refractivity contribution is 0.0611. The molecular weight excluding hydrogens is 331 g/mol. The van der Waals surface area contributed by atoms with Gasteiger partial charge in [0.25, 0.3) is 5.91 Å². The number of aromatic nitrogens is 2. The Bertz CT molecular complexity index is 846. The van der Waals surface area contributed by atoms with Crippen LogP contribution >= 0.6 is 0 Å². The normalized spacial score (nSPS) is 24.6. The van der Waals surface area contributed by atoms with Gasteiger partial charge in [-0.15, -0.1) is 0 Å². The molecule has 1 unspecified atom stereocenters. The van der Waals surface area contributed by atoms with Crippen LogP contribution in [0.25, 0.3) is 0 Å². The Morgan fingerprint density at radius 1 is 1.31 bits per heavy atom. The number of halogens is 1. The van der Waals surface area contributed by atoms with Gasteiger partial charge in [0.05, 0.1) is 11.9 Å². The molecule has 3 heterocycles. The highest BCUT2D eigenvalue weighted by atomic mass is 19.1. The van der Waals surface area contributed by atoms with Crippen LogP contribution in [0.4, 0.5) is 10.1 Å². The number of benzene rings is 1. The maximum absolute atomic E-state index is 13.8. The Labute approximate surface area is 153 Å². The summed E-state index contributed by atoms with van der Waals surface area (Å²) in [5, 5.41) is 0. The zero-order valence-corrected chi connectivity index (χ0v) is 15.6. The first-order chi connectivity index (χ1) is 12.3. The van der Waals surface area contributed by atoms with E-state index in [1.807, 2.05) is 18.0 Å². The van der Waals surface area contributed by atoms with Crippen LogP contribution in [0.1, 0.15) is 43.6 Å². The van der Waals surface area contributed by atoms with Gasteiger partial charge in [-0.3, -0.25) is 4.79 Å². The highest BCUT2D eigenvalue weighted by Gasteiger charge is 2.55. The number of nitrogens with zero attached hydrogens (tertiary/aromatic N) is 4. The molecule has 0 aliphatic carbocycles. The highest BCUT2D eigenvalue weighted by molar-refractivity contribution is 5.93. The second-order valence-electron chi connectivity index (χ2n) is 8.26. The molecule has 0 radical (unpaired) electrons. The molecule has 6 heteroatoms. The summed E-state index contributed by atoms with van der Waals surface area (Å²) in [6, 6.07) is 6.75. The molecule has 0 bridgehead atoms. The Kier molecular flexibility index (Phi) is 3.82. The molecule has 1 aromatic carbocycles. The third-order valence-electron chi connectivity index (χ3n) is 5.83. The fourth-order valence-electron chi connectivity index (χ4n) is 4.81. The average Bonchev–Trinajstić information content (AvgIpc) is 3.25. The van der Waals surface area contributed by atoms with Crippen molar-refractivity contribution in [3.63, 3.8) is 0 Å². The summed E-state index contributed by atoms with van der Waals surface area (Å²) < 4.78 is 15.6. The van der Waals surface area contributed by atoms with Crippen LogP contribution in [0.3, 0.4) is 0 Å². The standard InChI is InChI=1S/C20H25FN4O/c1-19(2)12-20(13-25(19)16-7-4-6-15(21)10-16)8-5-9-24(20)18(26)17-11-23(3)14-22-17/h4,6-7,10-11,14H,5,8-9,12-13H2,1-3H3. The van der Waals surface area contributed by atoms with Crippen LogP contribution in [0.15, 0.2) is 36.8 Å². The van der Waals surface area contributed by atoms with E-state index in [2.05, 4.69) is 23.7 Å². The topological polar surface area (TPSA) is 41.4 Å². The number of aryl methyl sites for hydroxylation is 1. The molecule has 0 N–H and O–H groups in total. The van der Waals surface area contributed by atoms with Gasteiger partial charge in [-0.2, -0.15) is 0 Å². The Morgan fingerprint density at radius 3 is 2.81 bits per heavy atom. The number of hydrogen-bond donors (Lipinski definition) is 0. The first-order valence-electron chi connectivity index (χ1n) is 9.14. The second-order valence-corrected chi connectivity index (χ2v) is 8.26. The summed E-state index contributed by atoms with van der Waals surface area (Å²) in [4.78, 5) is 21.6. The van der Waals surface area contributed by atoms with Gasteiger partial charge in [0.15, 0.2) is 0 Å². The highest BCUT2D eigenvalue weighted by Crippen LogP contribution is 2.47. The number of likely N-dealkylation sites (tertiary alicyclic amines) is 1. The minimum absolute atomic E-state index is 0.00000719. The predicted octanol–water partition coefficient (Wildman–Crippen LogP) is 3.22. The molecule has 4 rings (SSSR count). The number of imidazole rings is 1. The maximum Gasteiger partial charge on any atom is 0.274 e. The van der Waals surface area contributed by atoms with Crippen molar-refractivity contribution in [1.29, 1.82) is 0 Å². The molecule has 2 aromatic rings. The van der Waals surface area contributed by atoms with E-state index in [1.165, 1.54) is 6.07 Å². The van der Waals surface area contributed by atoms with Crippen molar-refractivity contribution < 1.29 is 9.18 Å². The zero-order valence-electron chi connectivity index (χ0n) is 15.6. The molecule has 5 nitrogen and oxygen atoms in total. The monoisotopic (exact) mass is 356 g/mol. The van der Waals surface area contributed by atoms with Crippen molar-refractivity contribution in [3.05, 3.63) is 48.3 Å². The van der Waals surface area contributed by atoms with Crippen LogP contribution in [0.2, 0.25) is 0 Å². The van der Waals surface area contributed by atoms with Crippen molar-refractivity contribution in [2.45, 2.75) is 44.2 Å². The lowest BCUT2D eigenvalue weighted by Gasteiger charge is -2.35. The van der Waals surface area contributed by atoms with Crippen LogP contribution in [-0.4, -0.2) is 44.5 Å². The van der Waals surface area contributed by atoms with Gasteiger partial charge in [-0.05, 0) is 51.3 Å². The Balaban J connectivity index is 1.66. The number of rotatable bonds is 2. The molecule has 1 spiro atoms. The van der Waals surface area contributed by atoms with Gasteiger partial charge in [0.2, 0.25) is 0 Å². The van der Waals surface area contributed by atoms with Crippen molar-refractivity contribution >= 4 is 11.6 Å². The summed E-state index contributed by atoms with van der Waals surface area (Å²) in [6.07, 6.45) is 6.27. The fraction of sp³-hybridized carbons (Fsp3) is 0.500. The first kappa shape index (κ1) is 17.1. The summed E-state index contributed by atoms with van der Waals surface area (Å²) in [5.74, 6) is -0.230. The van der Waals surface area contributed by atoms with Crippen molar-refractivity contribution in [2.24, 2.45) is 7.05 Å². The molecule has 1 atom stereocenters. The summed E-state index contributed by atoms with van der Waals surface area (Å²) in [6.45, 7) is 5.83. The van der Waals surface area contributed by atoms with E-state index in [9.17, 15) is 9.18 Å². The molecule has 2 saturated heterocycles. The molecule has 2 fully saturated rings. The van der Waals surface area contributed by atoms with Crippen LogP contribution in [0.5, 0.6) is 0 Å². The largest absolute Gasteiger partial charge is 0.364 e. The van der Waals surface area contributed by atoms with E-state index in [1.54, 1.807) is 29.2 Å². The molecular formula is C20H25FN4O. The molecule has 0 saturated carbocycles. The van der Waals surface area contributed by atoms with Crippen molar-refractivity contribution in [3.8, 4) is 0 Å². The minimum atomic E-state index is -0.230. The van der Waals surface area contributed by atoms with Crippen molar-refractivity contribution in [2.75, 3.05) is 18.0 Å². The van der Waals surface area contributed by atoms with Gasteiger partial charge in [-0.25, -0.2) is 9.37 Å². The number of amides is 1. The lowest BCUT2D eigenvalue weighted by atomic mass is 9.87. The summed E-state index contributed by atoms with van der Waals surface area (Å²) in [7, 11) is 1.87. The number of carbonyl (C=O) groups excluding carboxylic acids is 1. The number of hydrogen-bond acceptors (Lipinski definition) is 3. The molecule has 26 heavy (non-hydrogen) atoms. The van der Waals surface area contributed by atoms with Gasteiger partial charge in [-0.1, -0.05) is 6.07 Å². The first-order valence-corrected chi connectivity index (χ1v) is 9.14. The average molecular weight is 356 g/mol. The van der Waals surface area contributed by atoms with Crippen molar-refractivity contribution in [1.82, 2.24) is 14.5 Å². The Hall–Kier alpha value is -2.37. The number of carbonyl (C=O) groups is 1. The van der Waals surface area contributed by atoms with Gasteiger partial charge in [0, 0.05) is 37.6 Å². The maximum atomic E-state index is 13.8. The zero-order chi connectivity index (χ0) is 18.5. The molecule has 1 aromatic heterocycles. The SMILES string of the molecule is Cn1cnc(C(=O)N2CCCC23CN(c2cccc(F)c2)C(C)(C)C3)c1. The third kappa shape index (κ3) is 2.68. The molecule has 138 valence electrons. The van der Waals surface area contributed by atoms with E-state index in [0.717, 1.165) is 38.0 Å². The van der Waals surface area contributed by atoms with E-state index < -0.39 is 0 Å². The summed E-state index contributed by atoms with van der Waals surface area (Å²) in [5.41, 5.74) is 1.00. The fourth-order valence-corrected chi connectivity index (χ4v) is 4.81. The van der Waals surface area contributed by atoms with Crippen LogP contribution in [0, 0.1) is 5.82 Å². The van der Waals surface area contributed by atoms with Crippen LogP contribution in [-0.2, 0) is 7.05 Å². The lowest BCUT2D eigenvalue weighted by Crippen LogP contribution is -2.49. The molecule has 1 amide bonds. The predicted molar refractivity (Wildman–Crippen MR) is 98.7 cm³/mol. The quantitative estimate of drug-likeness (QED) is 0.830. The third-order valence-corrected chi connectivity index (χ3v) is 5.83. The Morgan fingerprint density at radius 2 is 2.12 bits per heavy atom. The summed E-state index contributed by atoms with van der Waals surface area (Å²) >= 11 is 0. The van der Waals surface area contributed by atoms with E-state index in [-0.39, 0.29) is 22.8 Å². The van der Waals surface area contributed by atoms with Crippen LogP contribution < -0.4 is 4.90 Å². The molecule has 2 aliphatic rings.